The van der Waals surface area contributed by atoms with E-state index >= 15 is 0 Å². The van der Waals surface area contributed by atoms with Crippen LogP contribution in [0.4, 0.5) is 5.69 Å². The molecule has 7 heteroatoms. The molecular formula is C14H21NO5S. The van der Waals surface area contributed by atoms with E-state index in [2.05, 4.69) is 4.72 Å². The second-order valence-corrected chi connectivity index (χ2v) is 6.96. The zero-order valence-electron chi connectivity index (χ0n) is 12.2. The smallest absolute Gasteiger partial charge is 0.303 e. The van der Waals surface area contributed by atoms with Gasteiger partial charge in [0.2, 0.25) is 10.0 Å². The van der Waals surface area contributed by atoms with Gasteiger partial charge in [0, 0.05) is 6.42 Å². The summed E-state index contributed by atoms with van der Waals surface area (Å²) in [5, 5.41) is 8.53. The van der Waals surface area contributed by atoms with Crippen LogP contribution in [-0.2, 0) is 14.8 Å². The first-order chi connectivity index (χ1) is 9.80. The summed E-state index contributed by atoms with van der Waals surface area (Å²) >= 11 is 0. The lowest BCUT2D eigenvalue weighted by molar-refractivity contribution is -0.137. The molecule has 0 aromatic heterocycles. The highest BCUT2D eigenvalue weighted by atomic mass is 32.2. The van der Waals surface area contributed by atoms with Crippen molar-refractivity contribution in [2.24, 2.45) is 5.92 Å². The first-order valence-electron chi connectivity index (χ1n) is 6.74. The monoisotopic (exact) mass is 315 g/mol. The number of para-hydroxylation sites is 2. The SMILES string of the molecule is CC(C)COc1ccccc1NS(=O)(=O)CCCC(=O)O. The number of ether oxygens (including phenoxy) is 1. The highest BCUT2D eigenvalue weighted by Crippen LogP contribution is 2.25. The highest BCUT2D eigenvalue weighted by Gasteiger charge is 2.14. The summed E-state index contributed by atoms with van der Waals surface area (Å²) in [5.74, 6) is -0.457. The molecule has 1 aromatic carbocycles. The summed E-state index contributed by atoms with van der Waals surface area (Å²) in [6, 6.07) is 6.77. The Hall–Kier alpha value is -1.76. The molecule has 0 saturated heterocycles. The largest absolute Gasteiger partial charge is 0.491 e. The van der Waals surface area contributed by atoms with Gasteiger partial charge in [0.15, 0.2) is 0 Å². The molecule has 1 rings (SSSR count). The fourth-order valence-electron chi connectivity index (χ4n) is 1.57. The van der Waals surface area contributed by atoms with Gasteiger partial charge in [-0.25, -0.2) is 8.42 Å². The number of hydrogen-bond donors (Lipinski definition) is 2. The zero-order valence-corrected chi connectivity index (χ0v) is 13.0. The Kier molecular flexibility index (Phi) is 6.48. The number of aliphatic carboxylic acids is 1. The summed E-state index contributed by atoms with van der Waals surface area (Å²) < 4.78 is 31.8. The molecule has 1 aromatic rings. The number of carboxylic acids is 1. The number of carboxylic acid groups (broad SMARTS) is 1. The number of hydrogen-bond acceptors (Lipinski definition) is 4. The number of carbonyl (C=O) groups is 1. The van der Waals surface area contributed by atoms with Crippen LogP contribution in [0.2, 0.25) is 0 Å². The third-order valence-electron chi connectivity index (χ3n) is 2.53. The molecule has 0 aliphatic rings. The minimum absolute atomic E-state index is 0.0691. The first-order valence-corrected chi connectivity index (χ1v) is 8.39. The third-order valence-corrected chi connectivity index (χ3v) is 3.89. The van der Waals surface area contributed by atoms with E-state index in [9.17, 15) is 13.2 Å². The molecule has 2 N–H and O–H groups in total. The van der Waals surface area contributed by atoms with E-state index in [1.54, 1.807) is 24.3 Å². The number of anilines is 1. The topological polar surface area (TPSA) is 92.7 Å². The van der Waals surface area contributed by atoms with Gasteiger partial charge in [0.25, 0.3) is 0 Å². The summed E-state index contributed by atoms with van der Waals surface area (Å²) in [6.07, 6.45) is -0.105. The summed E-state index contributed by atoms with van der Waals surface area (Å²) in [4.78, 5) is 10.4. The molecule has 0 aliphatic heterocycles. The Morgan fingerprint density at radius 3 is 2.62 bits per heavy atom. The van der Waals surface area contributed by atoms with Crippen LogP contribution in [0.5, 0.6) is 5.75 Å². The Morgan fingerprint density at radius 2 is 2.00 bits per heavy atom. The standard InChI is InChI=1S/C14H21NO5S/c1-11(2)10-20-13-7-4-3-6-12(13)15-21(18,19)9-5-8-14(16)17/h3-4,6-7,11,15H,5,8-10H2,1-2H3,(H,16,17). The highest BCUT2D eigenvalue weighted by molar-refractivity contribution is 7.92. The van der Waals surface area contributed by atoms with Crippen molar-refractivity contribution in [2.75, 3.05) is 17.1 Å². The molecule has 0 fully saturated rings. The Balaban J connectivity index is 2.70. The third kappa shape index (κ3) is 6.99. The summed E-state index contributed by atoms with van der Waals surface area (Å²) in [5.41, 5.74) is 0.369. The fraction of sp³-hybridized carbons (Fsp3) is 0.500. The normalized spacial score (nSPS) is 11.4. The second kappa shape index (κ2) is 7.87. The van der Waals surface area contributed by atoms with Crippen molar-refractivity contribution in [3.05, 3.63) is 24.3 Å². The van der Waals surface area contributed by atoms with E-state index in [1.165, 1.54) is 0 Å². The van der Waals surface area contributed by atoms with E-state index in [0.717, 1.165) is 0 Å². The van der Waals surface area contributed by atoms with Gasteiger partial charge in [-0.3, -0.25) is 9.52 Å². The summed E-state index contributed by atoms with van der Waals surface area (Å²) in [7, 11) is -3.58. The van der Waals surface area contributed by atoms with Gasteiger partial charge < -0.3 is 9.84 Å². The van der Waals surface area contributed by atoms with Crippen molar-refractivity contribution in [2.45, 2.75) is 26.7 Å². The molecule has 0 unspecified atom stereocenters. The Morgan fingerprint density at radius 1 is 1.33 bits per heavy atom. The van der Waals surface area contributed by atoms with Gasteiger partial charge in [0.1, 0.15) is 5.75 Å². The average Bonchev–Trinajstić information content (AvgIpc) is 2.36. The van der Waals surface area contributed by atoms with Gasteiger partial charge in [-0.15, -0.1) is 0 Å². The molecule has 6 nitrogen and oxygen atoms in total. The number of sulfonamides is 1. The van der Waals surface area contributed by atoms with E-state index in [1.807, 2.05) is 13.8 Å². The van der Waals surface area contributed by atoms with Gasteiger partial charge in [-0.05, 0) is 24.5 Å². The van der Waals surface area contributed by atoms with E-state index < -0.39 is 16.0 Å². The molecule has 21 heavy (non-hydrogen) atoms. The molecule has 0 bridgehead atoms. The van der Waals surface area contributed by atoms with Crippen LogP contribution >= 0.6 is 0 Å². The Bertz CT molecular complexity index is 568. The van der Waals surface area contributed by atoms with Crippen LogP contribution in [0.25, 0.3) is 0 Å². The van der Waals surface area contributed by atoms with Crippen LogP contribution < -0.4 is 9.46 Å². The van der Waals surface area contributed by atoms with Crippen LogP contribution in [0.1, 0.15) is 26.7 Å². The maximum atomic E-state index is 11.9. The molecular weight excluding hydrogens is 294 g/mol. The van der Waals surface area contributed by atoms with Crippen LogP contribution in [0, 0.1) is 5.92 Å². The predicted octanol–water partition coefficient (Wildman–Crippen LogP) is 2.33. The summed E-state index contributed by atoms with van der Waals surface area (Å²) in [6.45, 7) is 4.48. The number of rotatable bonds is 9. The van der Waals surface area contributed by atoms with E-state index in [4.69, 9.17) is 9.84 Å². The average molecular weight is 315 g/mol. The van der Waals surface area contributed by atoms with E-state index in [-0.39, 0.29) is 18.6 Å². The van der Waals surface area contributed by atoms with Gasteiger partial charge in [-0.1, -0.05) is 26.0 Å². The second-order valence-electron chi connectivity index (χ2n) is 5.12. The molecule has 0 heterocycles. The molecule has 0 atom stereocenters. The minimum Gasteiger partial charge on any atom is -0.491 e. The van der Waals surface area contributed by atoms with Crippen LogP contribution in [-0.4, -0.2) is 31.9 Å². The van der Waals surface area contributed by atoms with E-state index in [0.29, 0.717) is 24.0 Å². The van der Waals surface area contributed by atoms with Gasteiger partial charge >= 0.3 is 5.97 Å². The van der Waals surface area contributed by atoms with Crippen LogP contribution in [0.3, 0.4) is 0 Å². The van der Waals surface area contributed by atoms with Crippen molar-refractivity contribution in [3.63, 3.8) is 0 Å². The van der Waals surface area contributed by atoms with Crippen molar-refractivity contribution in [1.82, 2.24) is 0 Å². The Labute approximate surface area is 125 Å². The fourth-order valence-corrected chi connectivity index (χ4v) is 2.70. The van der Waals surface area contributed by atoms with Crippen LogP contribution in [0.15, 0.2) is 24.3 Å². The molecule has 0 aliphatic carbocycles. The molecule has 0 spiro atoms. The lowest BCUT2D eigenvalue weighted by atomic mass is 10.2. The minimum atomic E-state index is -3.58. The number of nitrogens with one attached hydrogen (secondary N) is 1. The number of benzene rings is 1. The van der Waals surface area contributed by atoms with Crippen molar-refractivity contribution < 1.29 is 23.1 Å². The van der Waals surface area contributed by atoms with Crippen molar-refractivity contribution in [3.8, 4) is 5.75 Å². The quantitative estimate of drug-likeness (QED) is 0.729. The maximum Gasteiger partial charge on any atom is 0.303 e. The molecule has 118 valence electrons. The lowest BCUT2D eigenvalue weighted by Crippen LogP contribution is -2.18. The van der Waals surface area contributed by atoms with Crippen molar-refractivity contribution in [1.29, 1.82) is 0 Å². The van der Waals surface area contributed by atoms with Gasteiger partial charge in [-0.2, -0.15) is 0 Å². The lowest BCUT2D eigenvalue weighted by Gasteiger charge is -2.14. The zero-order chi connectivity index (χ0) is 15.9. The molecule has 0 radical (unpaired) electrons. The molecule has 0 amide bonds. The van der Waals surface area contributed by atoms with Gasteiger partial charge in [0.05, 0.1) is 18.0 Å². The predicted molar refractivity (Wildman–Crippen MR) is 81.1 cm³/mol. The molecule has 0 saturated carbocycles. The maximum absolute atomic E-state index is 11.9. The van der Waals surface area contributed by atoms with Crippen molar-refractivity contribution >= 4 is 21.7 Å². The first kappa shape index (κ1) is 17.3.